The van der Waals surface area contributed by atoms with Gasteiger partial charge >= 0.3 is 5.97 Å². The van der Waals surface area contributed by atoms with Crippen LogP contribution in [0.4, 0.5) is 0 Å². The van der Waals surface area contributed by atoms with E-state index in [0.29, 0.717) is 6.29 Å². The van der Waals surface area contributed by atoms with Gasteiger partial charge in [-0.1, -0.05) is 0 Å². The molecule has 11 heteroatoms. The Hall–Kier alpha value is -3.49. The maximum Gasteiger partial charge on any atom is 0.317 e. The number of aliphatic carboxylic acids is 1. The van der Waals surface area contributed by atoms with Crippen molar-refractivity contribution in [3.63, 3.8) is 0 Å². The maximum atomic E-state index is 11.4. The summed E-state index contributed by atoms with van der Waals surface area (Å²) >= 11 is 0. The van der Waals surface area contributed by atoms with Gasteiger partial charge in [0.2, 0.25) is 11.8 Å². The predicted molar refractivity (Wildman–Crippen MR) is 81.2 cm³/mol. The molecular weight excluding hydrogens is 565 g/mol. The Morgan fingerprint density at radius 2 is 1.58 bits per heavy atom. The number of nitrogens with one attached hydrogen (secondary N) is 1. The molecule has 2 N–H and O–H groups in total. The second-order valence-electron chi connectivity index (χ2n) is 4.78. The van der Waals surface area contributed by atoms with Gasteiger partial charge in [-0.15, -0.1) is 0 Å². The molecule has 24 heavy (non-hydrogen) atoms. The number of nitrogens with zero attached hydrogens (tertiary/aromatic N) is 3. The van der Waals surface area contributed by atoms with Gasteiger partial charge in [-0.05, 0) is 14.1 Å². The molecule has 3 amide bonds. The Bertz CT molecular complexity index is 419. The van der Waals surface area contributed by atoms with E-state index in [4.69, 9.17) is 5.11 Å². The SMILES string of the molecule is CN(C)CC(=O)O.CN(CC=O)C(=O)CN(C)C(=O)CN[C-]=O.[Fm]. The first-order valence-electron chi connectivity index (χ1n) is 6.53. The molecular formula is C13H23FmN4O6-. The van der Waals surface area contributed by atoms with Crippen LogP contribution in [0.3, 0.4) is 0 Å². The normalized spacial score (nSPS) is 8.88. The van der Waals surface area contributed by atoms with Crippen molar-refractivity contribution in [1.29, 1.82) is 0 Å². The van der Waals surface area contributed by atoms with Crippen LogP contribution in [-0.2, 0) is 24.0 Å². The summed E-state index contributed by atoms with van der Waals surface area (Å²) in [5.41, 5.74) is 0. The number of likely N-dealkylation sites (N-methyl/N-ethyl adjacent to an activating group) is 3. The summed E-state index contributed by atoms with van der Waals surface area (Å²) < 4.78 is 0. The third-order valence-electron chi connectivity index (χ3n) is 2.34. The number of carboxylic acids is 1. The molecule has 0 spiro atoms. The van der Waals surface area contributed by atoms with E-state index in [1.165, 1.54) is 25.4 Å². The first-order valence-corrected chi connectivity index (χ1v) is 6.53. The van der Waals surface area contributed by atoms with Crippen molar-refractivity contribution in [2.75, 3.05) is 54.4 Å². The van der Waals surface area contributed by atoms with E-state index < -0.39 is 11.9 Å². The minimum atomic E-state index is -0.787. The van der Waals surface area contributed by atoms with E-state index in [-0.39, 0.29) is 32.1 Å². The van der Waals surface area contributed by atoms with E-state index in [1.807, 2.05) is 0 Å². The van der Waals surface area contributed by atoms with Gasteiger partial charge < -0.3 is 29.8 Å². The molecule has 144 valence electrons. The van der Waals surface area contributed by atoms with Gasteiger partial charge in [-0.3, -0.25) is 19.3 Å². The van der Waals surface area contributed by atoms with Crippen LogP contribution in [0.15, 0.2) is 0 Å². The van der Waals surface area contributed by atoms with E-state index in [2.05, 4.69) is 5.32 Å². The Morgan fingerprint density at radius 3 is 1.92 bits per heavy atom. The topological polar surface area (TPSA) is 127 Å². The fourth-order valence-corrected chi connectivity index (χ4v) is 1.14. The van der Waals surface area contributed by atoms with E-state index >= 15 is 0 Å². The van der Waals surface area contributed by atoms with Crippen LogP contribution in [-0.4, -0.2) is 105 Å². The van der Waals surface area contributed by atoms with Crippen LogP contribution in [0.1, 0.15) is 0 Å². The molecule has 0 atom stereocenters. The Morgan fingerprint density at radius 1 is 1.04 bits per heavy atom. The molecule has 0 aromatic carbocycles. The Labute approximate surface area is 135 Å². The molecule has 0 unspecified atom stereocenters. The quantitative estimate of drug-likeness (QED) is 0.172. The zero-order valence-corrected chi connectivity index (χ0v) is 16.4. The Kier molecular flexibility index (Phi) is 15.3. The van der Waals surface area contributed by atoms with E-state index in [9.17, 15) is 24.0 Å². The molecule has 0 rings (SSSR count). The van der Waals surface area contributed by atoms with Crippen LogP contribution in [0.5, 0.6) is 0 Å². The molecule has 0 radical (unpaired) electrons. The number of hydrogen-bond acceptors (Lipinski definition) is 6. The van der Waals surface area contributed by atoms with Crippen molar-refractivity contribution in [2.45, 2.75) is 0 Å². The summed E-state index contributed by atoms with van der Waals surface area (Å²) in [6.07, 6.45) is 1.96. The molecule has 0 fully saturated rings. The summed E-state index contributed by atoms with van der Waals surface area (Å²) in [7, 11) is 6.33. The third-order valence-corrected chi connectivity index (χ3v) is 2.34. The maximum absolute atomic E-state index is 11.4. The minimum Gasteiger partial charge on any atom is -0.522 e. The molecule has 0 aromatic heterocycles. The smallest absolute Gasteiger partial charge is 0.317 e. The van der Waals surface area contributed by atoms with Crippen molar-refractivity contribution in [3.05, 3.63) is 0 Å². The molecule has 0 heterocycles. The Balaban J connectivity index is -0.000000468. The van der Waals surface area contributed by atoms with Crippen molar-refractivity contribution < 1.29 is 29.1 Å². The van der Waals surface area contributed by atoms with Crippen LogP contribution < -0.4 is 5.32 Å². The van der Waals surface area contributed by atoms with Crippen LogP contribution in [0.2, 0.25) is 0 Å². The van der Waals surface area contributed by atoms with E-state index in [0.717, 1.165) is 4.90 Å². The zero-order valence-electron chi connectivity index (χ0n) is 14.0. The molecule has 0 saturated heterocycles. The number of carbonyl (C=O) groups is 4. The summed E-state index contributed by atoms with van der Waals surface area (Å²) in [4.78, 5) is 56.4. The first-order chi connectivity index (χ1) is 10.6. The molecule has 0 aliphatic rings. The van der Waals surface area contributed by atoms with Gasteiger partial charge in [0.15, 0.2) is 0 Å². The molecule has 0 aromatic rings. The zero-order chi connectivity index (χ0) is 18.4. The molecule has 0 bridgehead atoms. The molecule has 0 aliphatic carbocycles. The van der Waals surface area contributed by atoms with E-state index in [1.54, 1.807) is 19.0 Å². The second-order valence-corrected chi connectivity index (χ2v) is 4.78. The summed E-state index contributed by atoms with van der Waals surface area (Å²) in [6, 6.07) is 0. The fraction of sp³-hybridized carbons (Fsp3) is 0.615. The summed E-state index contributed by atoms with van der Waals surface area (Å²) in [5.74, 6) is -1.54. The predicted octanol–water partition coefficient (Wildman–Crippen LogP) is -2.61. The van der Waals surface area contributed by atoms with Gasteiger partial charge in [-0.25, -0.2) is 0 Å². The monoisotopic (exact) mass is 588 g/mol. The summed E-state index contributed by atoms with van der Waals surface area (Å²) in [6.45, 7) is -0.240. The van der Waals surface area contributed by atoms with Gasteiger partial charge in [0.25, 0.3) is 0 Å². The van der Waals surface area contributed by atoms with Crippen LogP contribution >= 0.6 is 0 Å². The van der Waals surface area contributed by atoms with Gasteiger partial charge in [0, 0.05) is 14.1 Å². The average molecular weight is 588 g/mol. The van der Waals surface area contributed by atoms with Gasteiger partial charge in [0.1, 0.15) is 6.29 Å². The van der Waals surface area contributed by atoms with Crippen LogP contribution in [0, 0.1) is 0 Å². The van der Waals surface area contributed by atoms with Crippen molar-refractivity contribution in [1.82, 2.24) is 20.0 Å². The summed E-state index contributed by atoms with van der Waals surface area (Å²) in [5, 5.41) is 10.1. The number of rotatable bonds is 9. The van der Waals surface area contributed by atoms with Gasteiger partial charge in [-0.2, -0.15) is 6.41 Å². The fourth-order valence-electron chi connectivity index (χ4n) is 1.14. The third kappa shape index (κ3) is 14.9. The van der Waals surface area contributed by atoms with Crippen molar-refractivity contribution in [2.24, 2.45) is 0 Å². The molecule has 0 saturated carbocycles. The average Bonchev–Trinajstić information content (AvgIpc) is 2.43. The van der Waals surface area contributed by atoms with Crippen molar-refractivity contribution >= 4 is 30.5 Å². The molecule has 10 nitrogen and oxygen atoms in total. The number of aldehydes is 1. The number of carbonyl (C=O) groups excluding carboxylic acids is 4. The largest absolute Gasteiger partial charge is 0.522 e. The van der Waals surface area contributed by atoms with Gasteiger partial charge in [0.05, 0.1) is 26.2 Å². The molecule has 0 aliphatic heterocycles. The minimum absolute atomic E-state index is 0. The number of hydrogen-bond donors (Lipinski definition) is 2. The van der Waals surface area contributed by atoms with Crippen molar-refractivity contribution in [3.8, 4) is 0 Å². The standard InChI is InChI=1S/C9H14N3O4.C4H9NO2.Fm/c1-11(3-4-13)9(16)6-12(2)8(15)5-10-7-14;1-5(2)3-4(6)7;/h4H,3,5-6H2,1-2H3,(H,10,14);3H2,1-2H3,(H,6,7);/q-1;;. The van der Waals surface area contributed by atoms with Crippen LogP contribution in [0.25, 0.3) is 0 Å². The second kappa shape index (κ2) is 14.4. The number of amides is 3. The first kappa shape index (κ1) is 25.5. The number of carboxylic acid groups (broad SMARTS) is 1.